The van der Waals surface area contributed by atoms with Crippen LogP contribution in [0, 0.1) is 0 Å². The van der Waals surface area contributed by atoms with Gasteiger partial charge >= 0.3 is 0 Å². The molecular weight excluding hydrogens is 770 g/mol. The molecule has 0 saturated carbocycles. The summed E-state index contributed by atoms with van der Waals surface area (Å²) in [6.07, 6.45) is 0. The zero-order valence-electron chi connectivity index (χ0n) is 34.5. The van der Waals surface area contributed by atoms with E-state index < -0.39 is 0 Å². The Morgan fingerprint density at radius 3 is 1.82 bits per heavy atom. The molecule has 3 aliphatic rings. The summed E-state index contributed by atoms with van der Waals surface area (Å²) in [4.78, 5) is 7.45. The quantitative estimate of drug-likeness (QED) is 0.160. The van der Waals surface area contributed by atoms with E-state index >= 15 is 0 Å². The van der Waals surface area contributed by atoms with Crippen LogP contribution in [0.25, 0.3) is 31.3 Å². The molecule has 13 rings (SSSR count). The molecule has 1 aromatic heterocycles. The smallest absolute Gasteiger partial charge is 0.252 e. The Kier molecular flexibility index (Phi) is 7.62. The SMILES string of the molecule is CC1(C)c2ccccc2-c2cc(N3c4cc(N(c5ccccc5)c5ccccc5)ccc4B4c5ccccc5N(c5ccc6sc7ccccc7c6c5)c5cccc3c54)ccc21. The van der Waals surface area contributed by atoms with E-state index in [1.54, 1.807) is 0 Å². The van der Waals surface area contributed by atoms with Gasteiger partial charge in [-0.05, 0) is 130 Å². The maximum atomic E-state index is 2.55. The van der Waals surface area contributed by atoms with E-state index in [1.165, 1.54) is 87.3 Å². The average molecular weight is 810 g/mol. The van der Waals surface area contributed by atoms with Crippen molar-refractivity contribution in [3.8, 4) is 11.1 Å². The Morgan fingerprint density at radius 1 is 0.419 bits per heavy atom. The van der Waals surface area contributed by atoms with Crippen molar-refractivity contribution >= 4 is 106 Å². The van der Waals surface area contributed by atoms with E-state index in [9.17, 15) is 0 Å². The predicted octanol–water partition coefficient (Wildman–Crippen LogP) is 13.9. The summed E-state index contributed by atoms with van der Waals surface area (Å²) >= 11 is 1.87. The minimum absolute atomic E-state index is 0.0237. The summed E-state index contributed by atoms with van der Waals surface area (Å²) in [5, 5.41) is 2.61. The molecule has 62 heavy (non-hydrogen) atoms. The molecule has 0 saturated heterocycles. The van der Waals surface area contributed by atoms with Crippen LogP contribution < -0.4 is 31.1 Å². The standard InChI is InChI=1S/C57H40BN3S/c1-57(2)46-22-11-9-20-42(46)44-34-39(28-31-47(44)57)61-52-26-15-25-51-56(52)58(49-32-29-41(36-53(49)61)59(37-16-5-3-6-17-37)38-18-7-4-8-19-38)48-23-12-13-24-50(48)60(51)40-30-33-55-45(35-40)43-21-10-14-27-54(43)62-55/h3-36H,1-2H3. The van der Waals surface area contributed by atoms with Crippen LogP contribution in [0.5, 0.6) is 0 Å². The molecule has 292 valence electrons. The fourth-order valence-electron chi connectivity index (χ4n) is 10.9. The number of nitrogens with zero attached hydrogens (tertiary/aromatic N) is 3. The number of fused-ring (bicyclic) bond motifs is 10. The summed E-state index contributed by atoms with van der Waals surface area (Å²) in [6, 6.07) is 76.7. The molecule has 0 N–H and O–H groups in total. The Bertz CT molecular complexity index is 3390. The molecule has 1 aliphatic carbocycles. The van der Waals surface area contributed by atoms with Crippen LogP contribution in [0.15, 0.2) is 206 Å². The molecule has 0 bridgehead atoms. The third-order valence-electron chi connectivity index (χ3n) is 13.6. The number of hydrogen-bond donors (Lipinski definition) is 0. The summed E-state index contributed by atoms with van der Waals surface area (Å²) in [5.74, 6) is 0. The number of rotatable bonds is 5. The van der Waals surface area contributed by atoms with Gasteiger partial charge in [-0.1, -0.05) is 129 Å². The van der Waals surface area contributed by atoms with E-state index in [0.717, 1.165) is 22.7 Å². The molecule has 0 radical (unpaired) electrons. The summed E-state index contributed by atoms with van der Waals surface area (Å²) < 4.78 is 2.63. The monoisotopic (exact) mass is 809 g/mol. The molecular formula is C57H40BN3S. The van der Waals surface area contributed by atoms with Crippen molar-refractivity contribution in [2.45, 2.75) is 19.3 Å². The molecule has 0 unspecified atom stereocenters. The minimum atomic E-state index is -0.0839. The van der Waals surface area contributed by atoms with Gasteiger partial charge in [0.1, 0.15) is 0 Å². The second-order valence-electron chi connectivity index (χ2n) is 17.3. The third kappa shape index (κ3) is 5.06. The van der Waals surface area contributed by atoms with Gasteiger partial charge in [0.15, 0.2) is 0 Å². The number of benzene rings is 9. The van der Waals surface area contributed by atoms with Crippen LogP contribution in [0.4, 0.5) is 51.2 Å². The fourth-order valence-corrected chi connectivity index (χ4v) is 12.0. The van der Waals surface area contributed by atoms with Crippen molar-refractivity contribution in [3.05, 3.63) is 217 Å². The first-order valence-corrected chi connectivity index (χ1v) is 22.4. The van der Waals surface area contributed by atoms with Crippen molar-refractivity contribution in [2.24, 2.45) is 0 Å². The van der Waals surface area contributed by atoms with Crippen molar-refractivity contribution in [1.29, 1.82) is 0 Å². The summed E-state index contributed by atoms with van der Waals surface area (Å²) in [6.45, 7) is 4.75. The van der Waals surface area contributed by atoms with Crippen LogP contribution >= 0.6 is 11.3 Å². The average Bonchev–Trinajstić information content (AvgIpc) is 3.80. The van der Waals surface area contributed by atoms with Gasteiger partial charge in [-0.25, -0.2) is 0 Å². The fraction of sp³-hybridized carbons (Fsp3) is 0.0526. The number of hydrogen-bond acceptors (Lipinski definition) is 4. The number of para-hydroxylation sites is 3. The van der Waals surface area contributed by atoms with Gasteiger partial charge in [0.05, 0.1) is 0 Å². The Hall–Kier alpha value is -7.34. The first-order valence-electron chi connectivity index (χ1n) is 21.5. The molecule has 5 heteroatoms. The van der Waals surface area contributed by atoms with Crippen LogP contribution in [-0.4, -0.2) is 6.71 Å². The maximum absolute atomic E-state index is 2.55. The van der Waals surface area contributed by atoms with E-state index in [4.69, 9.17) is 0 Å². The van der Waals surface area contributed by atoms with Gasteiger partial charge in [0.25, 0.3) is 6.71 Å². The number of anilines is 9. The first-order chi connectivity index (χ1) is 30.5. The minimum Gasteiger partial charge on any atom is -0.311 e. The van der Waals surface area contributed by atoms with E-state index in [0.29, 0.717) is 0 Å². The van der Waals surface area contributed by atoms with Crippen molar-refractivity contribution in [3.63, 3.8) is 0 Å². The lowest BCUT2D eigenvalue weighted by Gasteiger charge is -2.44. The molecule has 10 aromatic rings. The lowest BCUT2D eigenvalue weighted by atomic mass is 9.33. The predicted molar refractivity (Wildman–Crippen MR) is 266 cm³/mol. The highest BCUT2D eigenvalue weighted by Crippen LogP contribution is 2.52. The number of thiophene rings is 1. The van der Waals surface area contributed by atoms with Crippen LogP contribution in [0.2, 0.25) is 0 Å². The molecule has 0 spiro atoms. The molecule has 0 atom stereocenters. The van der Waals surface area contributed by atoms with Crippen LogP contribution in [0.1, 0.15) is 25.0 Å². The van der Waals surface area contributed by atoms with Crippen molar-refractivity contribution in [2.75, 3.05) is 14.7 Å². The van der Waals surface area contributed by atoms with E-state index in [1.807, 2.05) is 11.3 Å². The second kappa shape index (κ2) is 13.3. The highest BCUT2D eigenvalue weighted by Gasteiger charge is 2.44. The Morgan fingerprint density at radius 2 is 1.02 bits per heavy atom. The second-order valence-corrected chi connectivity index (χ2v) is 18.4. The molecule has 3 nitrogen and oxygen atoms in total. The molecule has 0 fully saturated rings. The molecule has 3 heterocycles. The zero-order valence-corrected chi connectivity index (χ0v) is 35.3. The molecule has 0 amide bonds. The summed E-state index contributed by atoms with van der Waals surface area (Å²) in [5.41, 5.74) is 19.7. The largest absolute Gasteiger partial charge is 0.311 e. The first kappa shape index (κ1) is 35.4. The highest BCUT2D eigenvalue weighted by atomic mass is 32.1. The van der Waals surface area contributed by atoms with Crippen LogP contribution in [0.3, 0.4) is 0 Å². The zero-order chi connectivity index (χ0) is 41.1. The highest BCUT2D eigenvalue weighted by molar-refractivity contribution is 7.25. The van der Waals surface area contributed by atoms with Crippen molar-refractivity contribution < 1.29 is 0 Å². The lowest BCUT2D eigenvalue weighted by Crippen LogP contribution is -2.61. The van der Waals surface area contributed by atoms with Gasteiger partial charge in [-0.3, -0.25) is 0 Å². The van der Waals surface area contributed by atoms with Crippen LogP contribution in [-0.2, 0) is 5.41 Å². The Labute approximate surface area is 366 Å². The van der Waals surface area contributed by atoms with Gasteiger partial charge < -0.3 is 14.7 Å². The van der Waals surface area contributed by atoms with E-state index in [2.05, 4.69) is 235 Å². The van der Waals surface area contributed by atoms with Gasteiger partial charge in [-0.15, -0.1) is 11.3 Å². The topological polar surface area (TPSA) is 9.72 Å². The van der Waals surface area contributed by atoms with Gasteiger partial charge in [0, 0.05) is 76.8 Å². The van der Waals surface area contributed by atoms with Gasteiger partial charge in [-0.2, -0.15) is 0 Å². The molecule has 9 aromatic carbocycles. The summed E-state index contributed by atoms with van der Waals surface area (Å²) in [7, 11) is 0. The molecule has 2 aliphatic heterocycles. The third-order valence-corrected chi connectivity index (χ3v) is 14.8. The Balaban J connectivity index is 1.07. The normalized spacial score (nSPS) is 14.0. The van der Waals surface area contributed by atoms with Gasteiger partial charge in [0.2, 0.25) is 0 Å². The van der Waals surface area contributed by atoms with Crippen molar-refractivity contribution in [1.82, 2.24) is 0 Å². The van der Waals surface area contributed by atoms with E-state index in [-0.39, 0.29) is 12.1 Å². The lowest BCUT2D eigenvalue weighted by molar-refractivity contribution is 0.660. The maximum Gasteiger partial charge on any atom is 0.252 e.